The molecule has 13 heavy (non-hydrogen) atoms. The Morgan fingerprint density at radius 2 is 2.08 bits per heavy atom. The Morgan fingerprint density at radius 1 is 1.46 bits per heavy atom. The Morgan fingerprint density at radius 3 is 2.54 bits per heavy atom. The molecule has 0 amide bonds. The predicted octanol–water partition coefficient (Wildman–Crippen LogP) is 1.90. The van der Waals surface area contributed by atoms with E-state index in [4.69, 9.17) is 11.2 Å². The van der Waals surface area contributed by atoms with E-state index in [0.29, 0.717) is 11.3 Å². The highest BCUT2D eigenvalue weighted by Crippen LogP contribution is 2.12. The largest absolute Gasteiger partial charge is 0.478 e. The van der Waals surface area contributed by atoms with Crippen LogP contribution in [0.25, 0.3) is 0 Å². The second-order valence-electron chi connectivity index (χ2n) is 2.61. The van der Waals surface area contributed by atoms with Crippen LogP contribution in [-0.2, 0) is 0 Å². The third kappa shape index (κ3) is 2.64. The zero-order valence-electron chi connectivity index (χ0n) is 7.36. The molecular weight excluding hydrogens is 164 g/mol. The van der Waals surface area contributed by atoms with Crippen LogP contribution < -0.4 is 4.74 Å². The van der Waals surface area contributed by atoms with Gasteiger partial charge in [-0.05, 0) is 31.2 Å². The maximum atomic E-state index is 10.3. The maximum Gasteiger partial charge on any atom is 0.156 e. The third-order valence-corrected chi connectivity index (χ3v) is 1.56. The molecule has 1 aromatic rings. The van der Waals surface area contributed by atoms with Gasteiger partial charge in [-0.1, -0.05) is 5.92 Å². The topological polar surface area (TPSA) is 26.3 Å². The van der Waals surface area contributed by atoms with E-state index in [1.807, 2.05) is 0 Å². The Kier molecular flexibility index (Phi) is 3.10. The minimum atomic E-state index is -0.248. The van der Waals surface area contributed by atoms with Gasteiger partial charge in [-0.2, -0.15) is 0 Å². The van der Waals surface area contributed by atoms with Crippen LogP contribution in [0.3, 0.4) is 0 Å². The van der Waals surface area contributed by atoms with E-state index in [9.17, 15) is 4.79 Å². The quantitative estimate of drug-likeness (QED) is 0.516. The molecule has 1 rings (SSSR count). The molecule has 1 aromatic carbocycles. The van der Waals surface area contributed by atoms with Crippen LogP contribution in [0.4, 0.5) is 0 Å². The molecule has 2 heteroatoms. The van der Waals surface area contributed by atoms with Crippen LogP contribution in [0.15, 0.2) is 24.3 Å². The zero-order valence-corrected chi connectivity index (χ0v) is 7.36. The lowest BCUT2D eigenvalue weighted by Crippen LogP contribution is -2.07. The van der Waals surface area contributed by atoms with Crippen molar-refractivity contribution >= 4 is 6.29 Å². The Labute approximate surface area is 77.5 Å². The first-order chi connectivity index (χ1) is 6.26. The lowest BCUT2D eigenvalue weighted by molar-refractivity contribution is 0.112. The first kappa shape index (κ1) is 9.34. The Bertz CT molecular complexity index is 319. The molecule has 0 N–H and O–H groups in total. The average Bonchev–Trinajstić information content (AvgIpc) is 2.19. The van der Waals surface area contributed by atoms with Gasteiger partial charge in [-0.15, -0.1) is 6.42 Å². The average molecular weight is 174 g/mol. The molecule has 0 aromatic heterocycles. The number of aldehydes is 1. The fourth-order valence-corrected chi connectivity index (χ4v) is 0.863. The lowest BCUT2D eigenvalue weighted by Gasteiger charge is -2.07. The van der Waals surface area contributed by atoms with Crippen LogP contribution in [0.1, 0.15) is 17.3 Å². The van der Waals surface area contributed by atoms with Gasteiger partial charge < -0.3 is 4.74 Å². The molecule has 0 aliphatic carbocycles. The number of hydrogen-bond acceptors (Lipinski definition) is 2. The number of rotatable bonds is 3. The normalized spacial score (nSPS) is 11.4. The summed E-state index contributed by atoms with van der Waals surface area (Å²) >= 11 is 0. The molecule has 0 saturated carbocycles. The van der Waals surface area contributed by atoms with Crippen molar-refractivity contribution in [3.05, 3.63) is 29.8 Å². The summed E-state index contributed by atoms with van der Waals surface area (Å²) in [6, 6.07) is 6.81. The van der Waals surface area contributed by atoms with Gasteiger partial charge in [-0.25, -0.2) is 0 Å². The maximum absolute atomic E-state index is 10.3. The van der Waals surface area contributed by atoms with Gasteiger partial charge >= 0.3 is 0 Å². The van der Waals surface area contributed by atoms with Crippen LogP contribution in [-0.4, -0.2) is 12.4 Å². The number of ether oxygens (including phenoxy) is 1. The van der Waals surface area contributed by atoms with Crippen LogP contribution in [0, 0.1) is 12.3 Å². The molecular formula is C11H10O2. The number of benzene rings is 1. The monoisotopic (exact) mass is 174 g/mol. The highest BCUT2D eigenvalue weighted by molar-refractivity contribution is 5.74. The van der Waals surface area contributed by atoms with E-state index in [0.717, 1.165) is 6.29 Å². The molecule has 0 fully saturated rings. The van der Waals surface area contributed by atoms with Gasteiger partial charge in [0.25, 0.3) is 0 Å². The summed E-state index contributed by atoms with van der Waals surface area (Å²) in [5, 5.41) is 0. The van der Waals surface area contributed by atoms with Crippen LogP contribution >= 0.6 is 0 Å². The number of carbonyl (C=O) groups excluding carboxylic acids is 1. The second kappa shape index (κ2) is 4.32. The predicted molar refractivity (Wildman–Crippen MR) is 50.8 cm³/mol. The number of terminal acetylenes is 1. The van der Waals surface area contributed by atoms with Crippen LogP contribution in [0.2, 0.25) is 0 Å². The third-order valence-electron chi connectivity index (χ3n) is 1.56. The van der Waals surface area contributed by atoms with Crippen molar-refractivity contribution in [2.75, 3.05) is 0 Å². The highest BCUT2D eigenvalue weighted by atomic mass is 16.5. The molecule has 0 radical (unpaired) electrons. The fraction of sp³-hybridized carbons (Fsp3) is 0.182. The van der Waals surface area contributed by atoms with Crippen LogP contribution in [0.5, 0.6) is 5.75 Å². The standard InChI is InChI=1S/C11H10O2/c1-3-9(2)13-11-6-4-10(8-12)5-7-11/h1,4-9H,2H3. The first-order valence-electron chi connectivity index (χ1n) is 3.94. The Balaban J connectivity index is 2.70. The zero-order chi connectivity index (χ0) is 9.68. The van der Waals surface area contributed by atoms with E-state index in [2.05, 4.69) is 5.92 Å². The van der Waals surface area contributed by atoms with Crippen molar-refractivity contribution in [3.63, 3.8) is 0 Å². The molecule has 1 unspecified atom stereocenters. The molecule has 2 nitrogen and oxygen atoms in total. The van der Waals surface area contributed by atoms with Gasteiger partial charge in [0.05, 0.1) is 0 Å². The molecule has 0 saturated heterocycles. The molecule has 0 heterocycles. The lowest BCUT2D eigenvalue weighted by atomic mass is 10.2. The molecule has 0 bridgehead atoms. The SMILES string of the molecule is C#CC(C)Oc1ccc(C=O)cc1. The van der Waals surface area contributed by atoms with E-state index in [1.54, 1.807) is 31.2 Å². The molecule has 66 valence electrons. The van der Waals surface area contributed by atoms with Gasteiger partial charge in [0.2, 0.25) is 0 Å². The summed E-state index contributed by atoms with van der Waals surface area (Å²) in [7, 11) is 0. The van der Waals surface area contributed by atoms with Crippen molar-refractivity contribution in [2.45, 2.75) is 13.0 Å². The summed E-state index contributed by atoms with van der Waals surface area (Å²) < 4.78 is 5.31. The van der Waals surface area contributed by atoms with Gasteiger partial charge in [0.15, 0.2) is 6.10 Å². The van der Waals surface area contributed by atoms with Crippen molar-refractivity contribution in [2.24, 2.45) is 0 Å². The fourth-order valence-electron chi connectivity index (χ4n) is 0.863. The summed E-state index contributed by atoms with van der Waals surface area (Å²) in [5.41, 5.74) is 0.626. The summed E-state index contributed by atoms with van der Waals surface area (Å²) in [6.07, 6.45) is 5.68. The van der Waals surface area contributed by atoms with Gasteiger partial charge in [0.1, 0.15) is 12.0 Å². The number of hydrogen-bond donors (Lipinski definition) is 0. The van der Waals surface area contributed by atoms with Gasteiger partial charge in [0, 0.05) is 5.56 Å². The summed E-state index contributed by atoms with van der Waals surface area (Å²) in [5.74, 6) is 3.13. The van der Waals surface area contributed by atoms with Crippen molar-refractivity contribution < 1.29 is 9.53 Å². The van der Waals surface area contributed by atoms with E-state index < -0.39 is 0 Å². The minimum Gasteiger partial charge on any atom is -0.478 e. The molecule has 0 spiro atoms. The summed E-state index contributed by atoms with van der Waals surface area (Å²) in [4.78, 5) is 10.3. The highest BCUT2D eigenvalue weighted by Gasteiger charge is 1.98. The molecule has 1 atom stereocenters. The second-order valence-corrected chi connectivity index (χ2v) is 2.61. The smallest absolute Gasteiger partial charge is 0.156 e. The van der Waals surface area contributed by atoms with Gasteiger partial charge in [-0.3, -0.25) is 4.79 Å². The molecule has 0 aliphatic heterocycles. The molecule has 0 aliphatic rings. The van der Waals surface area contributed by atoms with Crippen molar-refractivity contribution in [1.29, 1.82) is 0 Å². The minimum absolute atomic E-state index is 0.248. The van der Waals surface area contributed by atoms with Crippen molar-refractivity contribution in [3.8, 4) is 18.1 Å². The Hall–Kier alpha value is -1.75. The number of carbonyl (C=O) groups is 1. The van der Waals surface area contributed by atoms with Crippen molar-refractivity contribution in [1.82, 2.24) is 0 Å². The van der Waals surface area contributed by atoms with E-state index in [-0.39, 0.29) is 6.10 Å². The summed E-state index contributed by atoms with van der Waals surface area (Å²) in [6.45, 7) is 1.79. The van der Waals surface area contributed by atoms with E-state index in [1.165, 1.54) is 0 Å². The first-order valence-corrected chi connectivity index (χ1v) is 3.94. The van der Waals surface area contributed by atoms with E-state index >= 15 is 0 Å².